The lowest BCUT2D eigenvalue weighted by atomic mass is 10.00. The molecule has 1 aromatic rings. The highest BCUT2D eigenvalue weighted by molar-refractivity contribution is 5.49. The first kappa shape index (κ1) is 16.1. The van der Waals surface area contributed by atoms with Crippen LogP contribution in [0.3, 0.4) is 0 Å². The van der Waals surface area contributed by atoms with Crippen molar-refractivity contribution in [1.82, 2.24) is 0 Å². The molecule has 19 heavy (non-hydrogen) atoms. The average molecular weight is 261 g/mol. The Balaban J connectivity index is 2.36. The molecule has 0 unspecified atom stereocenters. The highest BCUT2D eigenvalue weighted by Crippen LogP contribution is 2.19. The topological polar surface area (TPSA) is 26.0 Å². The van der Waals surface area contributed by atoms with Gasteiger partial charge in [-0.3, -0.25) is 0 Å². The number of unbranched alkanes of at least 4 members (excludes halogenated alkanes) is 6. The van der Waals surface area contributed by atoms with Gasteiger partial charge in [-0.15, -0.1) is 0 Å². The number of hydrogen-bond acceptors (Lipinski definition) is 1. The van der Waals surface area contributed by atoms with Crippen molar-refractivity contribution in [3.63, 3.8) is 0 Å². The van der Waals surface area contributed by atoms with E-state index in [1.54, 1.807) is 0 Å². The fraction of sp³-hybridized carbons (Fsp3) is 0.667. The normalized spacial score (nSPS) is 10.8. The first-order valence-corrected chi connectivity index (χ1v) is 8.15. The van der Waals surface area contributed by atoms with E-state index in [0.29, 0.717) is 0 Å². The fourth-order valence-corrected chi connectivity index (χ4v) is 2.53. The molecule has 0 fully saturated rings. The maximum atomic E-state index is 6.17. The van der Waals surface area contributed by atoms with Crippen molar-refractivity contribution >= 4 is 5.69 Å². The van der Waals surface area contributed by atoms with Crippen molar-refractivity contribution in [1.29, 1.82) is 0 Å². The Hall–Kier alpha value is -0.980. The standard InChI is InChI=1S/C18H31N/c1-3-5-7-9-11-16-13-14-17(18(19)15-16)12-10-8-6-4-2/h13-15H,3-12,19H2,1-2H3. The van der Waals surface area contributed by atoms with Gasteiger partial charge in [0.05, 0.1) is 0 Å². The molecule has 0 aliphatic carbocycles. The van der Waals surface area contributed by atoms with Crippen LogP contribution >= 0.6 is 0 Å². The lowest BCUT2D eigenvalue weighted by Crippen LogP contribution is -1.97. The summed E-state index contributed by atoms with van der Waals surface area (Å²) >= 11 is 0. The van der Waals surface area contributed by atoms with Crippen LogP contribution in [0.5, 0.6) is 0 Å². The Morgan fingerprint density at radius 2 is 1.42 bits per heavy atom. The molecule has 0 radical (unpaired) electrons. The SMILES string of the molecule is CCCCCCc1ccc(CCCCCC)c(N)c1. The molecule has 0 bridgehead atoms. The van der Waals surface area contributed by atoms with Crippen molar-refractivity contribution < 1.29 is 0 Å². The molecule has 1 aromatic carbocycles. The van der Waals surface area contributed by atoms with Crippen molar-refractivity contribution in [2.45, 2.75) is 78.1 Å². The number of nitrogen functional groups attached to an aromatic ring is 1. The Morgan fingerprint density at radius 1 is 0.789 bits per heavy atom. The summed E-state index contributed by atoms with van der Waals surface area (Å²) in [5, 5.41) is 0. The van der Waals surface area contributed by atoms with Crippen molar-refractivity contribution in [3.8, 4) is 0 Å². The molecule has 0 heterocycles. The van der Waals surface area contributed by atoms with Crippen LogP contribution in [0.2, 0.25) is 0 Å². The van der Waals surface area contributed by atoms with E-state index in [4.69, 9.17) is 5.73 Å². The molecule has 0 aliphatic rings. The van der Waals surface area contributed by atoms with Crippen LogP contribution in [0.4, 0.5) is 5.69 Å². The maximum absolute atomic E-state index is 6.17. The summed E-state index contributed by atoms with van der Waals surface area (Å²) < 4.78 is 0. The fourth-order valence-electron chi connectivity index (χ4n) is 2.53. The third-order valence-corrected chi connectivity index (χ3v) is 3.83. The molecule has 0 aliphatic heterocycles. The second-order valence-electron chi connectivity index (χ2n) is 5.65. The summed E-state index contributed by atoms with van der Waals surface area (Å²) in [5.41, 5.74) is 9.92. The summed E-state index contributed by atoms with van der Waals surface area (Å²) in [5.74, 6) is 0. The van der Waals surface area contributed by atoms with Gasteiger partial charge in [0, 0.05) is 5.69 Å². The third kappa shape index (κ3) is 6.66. The van der Waals surface area contributed by atoms with Crippen molar-refractivity contribution in [2.75, 3.05) is 5.73 Å². The van der Waals surface area contributed by atoms with Gasteiger partial charge in [-0.05, 0) is 42.9 Å². The van der Waals surface area contributed by atoms with Crippen LogP contribution in [-0.2, 0) is 12.8 Å². The minimum absolute atomic E-state index is 1.00. The Labute approximate surface area is 119 Å². The van der Waals surface area contributed by atoms with Gasteiger partial charge in [-0.1, -0.05) is 64.5 Å². The first-order chi connectivity index (χ1) is 9.27. The van der Waals surface area contributed by atoms with E-state index in [2.05, 4.69) is 32.0 Å². The molecule has 1 nitrogen and oxygen atoms in total. The Kier molecular flexibility index (Phi) is 8.36. The van der Waals surface area contributed by atoms with E-state index in [0.717, 1.165) is 12.1 Å². The smallest absolute Gasteiger partial charge is 0.0349 e. The summed E-state index contributed by atoms with van der Waals surface area (Å²) in [6.45, 7) is 4.51. The minimum atomic E-state index is 1.00. The summed E-state index contributed by atoms with van der Waals surface area (Å²) in [4.78, 5) is 0. The number of benzene rings is 1. The largest absolute Gasteiger partial charge is 0.398 e. The Bertz CT molecular complexity index is 344. The zero-order chi connectivity index (χ0) is 13.9. The molecule has 0 atom stereocenters. The predicted molar refractivity (Wildman–Crippen MR) is 86.5 cm³/mol. The average Bonchev–Trinajstić information content (AvgIpc) is 2.42. The van der Waals surface area contributed by atoms with Gasteiger partial charge in [-0.25, -0.2) is 0 Å². The van der Waals surface area contributed by atoms with E-state index >= 15 is 0 Å². The van der Waals surface area contributed by atoms with Gasteiger partial charge in [0.25, 0.3) is 0 Å². The van der Waals surface area contributed by atoms with Gasteiger partial charge in [-0.2, -0.15) is 0 Å². The third-order valence-electron chi connectivity index (χ3n) is 3.83. The molecular weight excluding hydrogens is 230 g/mol. The highest BCUT2D eigenvalue weighted by atomic mass is 14.6. The van der Waals surface area contributed by atoms with Crippen LogP contribution < -0.4 is 5.73 Å². The lowest BCUT2D eigenvalue weighted by molar-refractivity contribution is 0.664. The molecule has 1 rings (SSSR count). The first-order valence-electron chi connectivity index (χ1n) is 8.15. The quantitative estimate of drug-likeness (QED) is 0.436. The van der Waals surface area contributed by atoms with E-state index in [1.165, 1.54) is 68.9 Å². The van der Waals surface area contributed by atoms with Gasteiger partial charge in [0.15, 0.2) is 0 Å². The minimum Gasteiger partial charge on any atom is -0.398 e. The second-order valence-corrected chi connectivity index (χ2v) is 5.65. The van der Waals surface area contributed by atoms with Crippen LogP contribution in [0, 0.1) is 0 Å². The van der Waals surface area contributed by atoms with Crippen molar-refractivity contribution in [3.05, 3.63) is 29.3 Å². The van der Waals surface area contributed by atoms with E-state index in [1.807, 2.05) is 0 Å². The Morgan fingerprint density at radius 3 is 2.00 bits per heavy atom. The molecule has 0 amide bonds. The van der Waals surface area contributed by atoms with Gasteiger partial charge in [0.2, 0.25) is 0 Å². The van der Waals surface area contributed by atoms with Crippen LogP contribution in [0.1, 0.15) is 76.3 Å². The zero-order valence-electron chi connectivity index (χ0n) is 12.9. The molecular formula is C18H31N. The second kappa shape index (κ2) is 9.89. The van der Waals surface area contributed by atoms with E-state index in [9.17, 15) is 0 Å². The predicted octanol–water partition coefficient (Wildman–Crippen LogP) is 5.51. The number of aryl methyl sites for hydroxylation is 2. The van der Waals surface area contributed by atoms with Gasteiger partial charge in [0.1, 0.15) is 0 Å². The molecule has 1 heteroatoms. The summed E-state index contributed by atoms with van der Waals surface area (Å²) in [6, 6.07) is 6.72. The molecule has 0 saturated heterocycles. The lowest BCUT2D eigenvalue weighted by Gasteiger charge is -2.08. The molecule has 0 spiro atoms. The monoisotopic (exact) mass is 261 g/mol. The molecule has 0 aromatic heterocycles. The number of nitrogens with two attached hydrogens (primary N) is 1. The van der Waals surface area contributed by atoms with E-state index < -0.39 is 0 Å². The maximum Gasteiger partial charge on any atom is 0.0349 e. The molecule has 0 saturated carbocycles. The molecule has 108 valence electrons. The summed E-state index contributed by atoms with van der Waals surface area (Å²) in [7, 11) is 0. The van der Waals surface area contributed by atoms with Crippen molar-refractivity contribution in [2.24, 2.45) is 0 Å². The number of anilines is 1. The van der Waals surface area contributed by atoms with Gasteiger partial charge < -0.3 is 5.73 Å². The number of hydrogen-bond donors (Lipinski definition) is 1. The number of rotatable bonds is 10. The highest BCUT2D eigenvalue weighted by Gasteiger charge is 2.01. The summed E-state index contributed by atoms with van der Waals surface area (Å²) in [6.07, 6.45) is 12.9. The van der Waals surface area contributed by atoms with E-state index in [-0.39, 0.29) is 0 Å². The van der Waals surface area contributed by atoms with Crippen LogP contribution in [-0.4, -0.2) is 0 Å². The molecule has 2 N–H and O–H groups in total. The van der Waals surface area contributed by atoms with Crippen LogP contribution in [0.15, 0.2) is 18.2 Å². The van der Waals surface area contributed by atoms with Gasteiger partial charge >= 0.3 is 0 Å². The van der Waals surface area contributed by atoms with Crippen LogP contribution in [0.25, 0.3) is 0 Å². The zero-order valence-corrected chi connectivity index (χ0v) is 12.9.